The maximum absolute atomic E-state index is 11.8. The first-order valence-corrected chi connectivity index (χ1v) is 6.31. The molecule has 0 spiro atoms. The lowest BCUT2D eigenvalue weighted by atomic mass is 10.1. The third kappa shape index (κ3) is 1.78. The molecule has 2 aromatic rings. The van der Waals surface area contributed by atoms with Crippen LogP contribution in [0.25, 0.3) is 10.2 Å². The van der Waals surface area contributed by atoms with E-state index in [9.17, 15) is 14.7 Å². The molecule has 5 nitrogen and oxygen atoms in total. The molecule has 2 N–H and O–H groups in total. The van der Waals surface area contributed by atoms with Crippen LogP contribution < -0.4 is 5.56 Å². The van der Waals surface area contributed by atoms with E-state index in [1.165, 1.54) is 11.3 Å². The molecule has 0 saturated heterocycles. The van der Waals surface area contributed by atoms with Crippen molar-refractivity contribution in [3.8, 4) is 5.75 Å². The number of nitrogens with one attached hydrogen (secondary N) is 1. The van der Waals surface area contributed by atoms with Gasteiger partial charge in [-0.3, -0.25) is 4.79 Å². The summed E-state index contributed by atoms with van der Waals surface area (Å²) in [6.07, 6.45) is 0. The van der Waals surface area contributed by atoms with Gasteiger partial charge in [0.05, 0.1) is 12.0 Å². The van der Waals surface area contributed by atoms with E-state index in [1.807, 2.05) is 13.8 Å². The number of aromatic nitrogens is 1. The van der Waals surface area contributed by atoms with Crippen LogP contribution in [-0.2, 0) is 4.74 Å². The van der Waals surface area contributed by atoms with Crippen LogP contribution in [-0.4, -0.2) is 22.7 Å². The van der Waals surface area contributed by atoms with E-state index >= 15 is 0 Å². The molecule has 0 radical (unpaired) electrons. The predicted octanol–water partition coefficient (Wildman–Crippen LogP) is 2.09. The number of fused-ring (bicyclic) bond motifs is 1. The number of rotatable bonds is 2. The van der Waals surface area contributed by atoms with E-state index in [-0.39, 0.29) is 17.9 Å². The monoisotopic (exact) mass is 267 g/mol. The highest BCUT2D eigenvalue weighted by Crippen LogP contribution is 2.35. The summed E-state index contributed by atoms with van der Waals surface area (Å²) in [6, 6.07) is 0. The standard InChI is InChI=1S/C12H13NO4S/c1-4-17-12(16)8-9(14)7-5(2)6(3)18-11(7)13-10(8)15/h4H2,1-3H3,(H2,13,14,15). The van der Waals surface area contributed by atoms with E-state index in [0.29, 0.717) is 10.2 Å². The Bertz CT molecular complexity index is 683. The number of ether oxygens (including phenoxy) is 1. The SMILES string of the molecule is CCOC(=O)c1c(O)c2c(C)c(C)sc2[nH]c1=O. The molecular formula is C12H13NO4S. The second-order valence-corrected chi connectivity index (χ2v) is 5.11. The summed E-state index contributed by atoms with van der Waals surface area (Å²) in [5, 5.41) is 10.6. The van der Waals surface area contributed by atoms with Gasteiger partial charge in [-0.25, -0.2) is 4.79 Å². The van der Waals surface area contributed by atoms with Crippen LogP contribution in [0.3, 0.4) is 0 Å². The zero-order valence-electron chi connectivity index (χ0n) is 10.3. The fourth-order valence-electron chi connectivity index (χ4n) is 1.79. The minimum absolute atomic E-state index is 0.150. The smallest absolute Gasteiger partial charge is 0.347 e. The van der Waals surface area contributed by atoms with Gasteiger partial charge < -0.3 is 14.8 Å². The lowest BCUT2D eigenvalue weighted by molar-refractivity contribution is 0.0521. The Hall–Kier alpha value is -1.82. The molecule has 0 aliphatic heterocycles. The molecule has 6 heteroatoms. The van der Waals surface area contributed by atoms with Gasteiger partial charge in [-0.05, 0) is 26.3 Å². The van der Waals surface area contributed by atoms with Gasteiger partial charge in [0.25, 0.3) is 5.56 Å². The second-order valence-electron chi connectivity index (χ2n) is 3.89. The van der Waals surface area contributed by atoms with Crippen LogP contribution in [0.5, 0.6) is 5.75 Å². The molecule has 18 heavy (non-hydrogen) atoms. The molecule has 0 atom stereocenters. The largest absolute Gasteiger partial charge is 0.506 e. The number of thiophene rings is 1. The van der Waals surface area contributed by atoms with Crippen molar-refractivity contribution in [2.75, 3.05) is 6.61 Å². The van der Waals surface area contributed by atoms with Crippen LogP contribution in [0, 0.1) is 13.8 Å². The highest BCUT2D eigenvalue weighted by atomic mass is 32.1. The molecule has 0 fully saturated rings. The Kier molecular flexibility index (Phi) is 3.13. The van der Waals surface area contributed by atoms with Gasteiger partial charge >= 0.3 is 5.97 Å². The van der Waals surface area contributed by atoms with Crippen molar-refractivity contribution in [1.82, 2.24) is 4.98 Å². The molecule has 0 aliphatic carbocycles. The molecule has 0 saturated carbocycles. The van der Waals surface area contributed by atoms with E-state index in [2.05, 4.69) is 4.98 Å². The van der Waals surface area contributed by atoms with Crippen molar-refractivity contribution < 1.29 is 14.6 Å². The topological polar surface area (TPSA) is 79.4 Å². The number of aryl methyl sites for hydroxylation is 2. The molecular weight excluding hydrogens is 254 g/mol. The first-order chi connectivity index (χ1) is 8.47. The van der Waals surface area contributed by atoms with Gasteiger partial charge in [-0.1, -0.05) is 0 Å². The summed E-state index contributed by atoms with van der Waals surface area (Å²) < 4.78 is 4.77. The van der Waals surface area contributed by atoms with E-state index in [4.69, 9.17) is 4.74 Å². The molecule has 2 rings (SSSR count). The summed E-state index contributed by atoms with van der Waals surface area (Å²) in [5.74, 6) is -1.10. The molecule has 2 heterocycles. The van der Waals surface area contributed by atoms with Crippen molar-refractivity contribution in [2.24, 2.45) is 0 Å². The third-order valence-corrected chi connectivity index (χ3v) is 3.92. The average Bonchev–Trinajstić information content (AvgIpc) is 2.54. The summed E-state index contributed by atoms with van der Waals surface area (Å²) in [7, 11) is 0. The normalized spacial score (nSPS) is 10.8. The van der Waals surface area contributed by atoms with Crippen LogP contribution >= 0.6 is 11.3 Å². The molecule has 0 unspecified atom stereocenters. The van der Waals surface area contributed by atoms with Crippen molar-refractivity contribution in [3.63, 3.8) is 0 Å². The minimum atomic E-state index is -0.804. The van der Waals surface area contributed by atoms with Gasteiger partial charge in [0, 0.05) is 4.88 Å². The third-order valence-electron chi connectivity index (χ3n) is 2.79. The molecule has 0 aliphatic rings. The summed E-state index contributed by atoms with van der Waals surface area (Å²) in [4.78, 5) is 27.6. The number of pyridine rings is 1. The Balaban J connectivity index is 2.79. The molecule has 96 valence electrons. The Morgan fingerprint density at radius 1 is 1.44 bits per heavy atom. The quantitative estimate of drug-likeness (QED) is 0.816. The molecule has 0 amide bonds. The van der Waals surface area contributed by atoms with Crippen molar-refractivity contribution in [3.05, 3.63) is 26.4 Å². The van der Waals surface area contributed by atoms with Crippen molar-refractivity contribution >= 4 is 27.5 Å². The maximum atomic E-state index is 11.8. The molecule has 0 bridgehead atoms. The van der Waals surface area contributed by atoms with Gasteiger partial charge in [-0.15, -0.1) is 11.3 Å². The highest BCUT2D eigenvalue weighted by molar-refractivity contribution is 7.18. The van der Waals surface area contributed by atoms with Crippen LogP contribution in [0.4, 0.5) is 0 Å². The fraction of sp³-hybridized carbons (Fsp3) is 0.333. The lowest BCUT2D eigenvalue weighted by Crippen LogP contribution is -2.19. The van der Waals surface area contributed by atoms with Gasteiger partial charge in [0.1, 0.15) is 10.6 Å². The summed E-state index contributed by atoms with van der Waals surface area (Å²) >= 11 is 1.37. The number of carbonyl (C=O) groups excluding carboxylic acids is 1. The minimum Gasteiger partial charge on any atom is -0.506 e. The van der Waals surface area contributed by atoms with Crippen LogP contribution in [0.1, 0.15) is 27.7 Å². The van der Waals surface area contributed by atoms with E-state index in [0.717, 1.165) is 10.4 Å². The number of H-pyrrole nitrogens is 1. The Labute approximate surface area is 107 Å². The predicted molar refractivity (Wildman–Crippen MR) is 69.5 cm³/mol. The van der Waals surface area contributed by atoms with Gasteiger partial charge in [0.15, 0.2) is 5.56 Å². The van der Waals surface area contributed by atoms with E-state index in [1.54, 1.807) is 6.92 Å². The number of esters is 1. The van der Waals surface area contributed by atoms with Crippen molar-refractivity contribution in [1.29, 1.82) is 0 Å². The molecule has 0 aromatic carbocycles. The fourth-order valence-corrected chi connectivity index (χ4v) is 2.85. The summed E-state index contributed by atoms with van der Waals surface area (Å²) in [5.41, 5.74) is -0.0979. The van der Waals surface area contributed by atoms with Crippen LogP contribution in [0.2, 0.25) is 0 Å². The average molecular weight is 267 g/mol. The zero-order chi connectivity index (χ0) is 13.4. The highest BCUT2D eigenvalue weighted by Gasteiger charge is 2.22. The molecule has 2 aromatic heterocycles. The second kappa shape index (κ2) is 4.45. The first-order valence-electron chi connectivity index (χ1n) is 5.49. The van der Waals surface area contributed by atoms with Crippen LogP contribution in [0.15, 0.2) is 4.79 Å². The number of aromatic amines is 1. The number of hydrogen-bond acceptors (Lipinski definition) is 5. The zero-order valence-corrected chi connectivity index (χ0v) is 11.1. The van der Waals surface area contributed by atoms with Crippen molar-refractivity contribution in [2.45, 2.75) is 20.8 Å². The maximum Gasteiger partial charge on any atom is 0.347 e. The Morgan fingerprint density at radius 3 is 2.72 bits per heavy atom. The summed E-state index contributed by atoms with van der Waals surface area (Å²) in [6.45, 7) is 5.52. The number of hydrogen-bond donors (Lipinski definition) is 2. The van der Waals surface area contributed by atoms with Gasteiger partial charge in [-0.2, -0.15) is 0 Å². The first kappa shape index (κ1) is 12.6. The Morgan fingerprint density at radius 2 is 2.11 bits per heavy atom. The number of aromatic hydroxyl groups is 1. The lowest BCUT2D eigenvalue weighted by Gasteiger charge is -2.05. The number of carbonyl (C=O) groups is 1. The van der Waals surface area contributed by atoms with E-state index < -0.39 is 11.5 Å². The van der Waals surface area contributed by atoms with Gasteiger partial charge in [0.2, 0.25) is 0 Å².